The Bertz CT molecular complexity index is 888. The van der Waals surface area contributed by atoms with Gasteiger partial charge in [0.15, 0.2) is 6.10 Å². The van der Waals surface area contributed by atoms with Gasteiger partial charge in [-0.05, 0) is 37.5 Å². The summed E-state index contributed by atoms with van der Waals surface area (Å²) in [5, 5.41) is 12.6. The van der Waals surface area contributed by atoms with E-state index in [2.05, 4.69) is 5.32 Å². The Morgan fingerprint density at radius 2 is 1.96 bits per heavy atom. The second kappa shape index (κ2) is 9.92. The Hall–Kier alpha value is -2.83. The number of carboxylic acid groups (broad SMARTS) is 1. The summed E-state index contributed by atoms with van der Waals surface area (Å²) < 4.78 is 10.9. The van der Waals surface area contributed by atoms with Crippen molar-refractivity contribution in [3.8, 4) is 5.75 Å². The van der Waals surface area contributed by atoms with Gasteiger partial charge in [-0.1, -0.05) is 33.1 Å². The normalized spacial score (nSPS) is 13.1. The van der Waals surface area contributed by atoms with Crippen molar-refractivity contribution in [2.75, 3.05) is 0 Å². The van der Waals surface area contributed by atoms with Crippen molar-refractivity contribution in [2.24, 2.45) is 0 Å². The van der Waals surface area contributed by atoms with Crippen LogP contribution in [0.15, 0.2) is 33.5 Å². The molecule has 1 heterocycles. The van der Waals surface area contributed by atoms with Crippen LogP contribution in [-0.2, 0) is 16.0 Å². The summed E-state index contributed by atoms with van der Waals surface area (Å²) in [4.78, 5) is 35.4. The second-order valence-corrected chi connectivity index (χ2v) is 6.80. The van der Waals surface area contributed by atoms with Crippen molar-refractivity contribution >= 4 is 22.8 Å². The van der Waals surface area contributed by atoms with Crippen LogP contribution < -0.4 is 15.7 Å². The molecule has 2 atom stereocenters. The second-order valence-electron chi connectivity index (χ2n) is 6.80. The number of hydrogen-bond donors (Lipinski definition) is 2. The van der Waals surface area contributed by atoms with Gasteiger partial charge >= 0.3 is 11.6 Å². The van der Waals surface area contributed by atoms with Gasteiger partial charge in [0.2, 0.25) is 0 Å². The first-order valence-corrected chi connectivity index (χ1v) is 9.62. The lowest BCUT2D eigenvalue weighted by Gasteiger charge is -2.19. The number of carboxylic acids is 1. The first-order valence-electron chi connectivity index (χ1n) is 9.62. The number of ether oxygens (including phenoxy) is 1. The lowest BCUT2D eigenvalue weighted by atomic mass is 10.1. The predicted octanol–water partition coefficient (Wildman–Crippen LogP) is 3.27. The van der Waals surface area contributed by atoms with Crippen LogP contribution >= 0.6 is 0 Å². The highest BCUT2D eigenvalue weighted by atomic mass is 16.5. The number of unbranched alkanes of at least 4 members (excludes halogenated alkanes) is 1. The summed E-state index contributed by atoms with van der Waals surface area (Å²) in [6.07, 6.45) is 2.67. The highest BCUT2D eigenvalue weighted by Gasteiger charge is 2.23. The maximum absolute atomic E-state index is 12.3. The van der Waals surface area contributed by atoms with E-state index in [-0.39, 0.29) is 0 Å². The Morgan fingerprint density at radius 1 is 1.21 bits per heavy atom. The molecule has 0 saturated heterocycles. The number of rotatable bonds is 10. The lowest BCUT2D eigenvalue weighted by Crippen LogP contribution is -2.46. The Labute approximate surface area is 163 Å². The zero-order valence-electron chi connectivity index (χ0n) is 16.5. The molecule has 2 rings (SSSR count). The molecule has 2 N–H and O–H groups in total. The fourth-order valence-electron chi connectivity index (χ4n) is 2.97. The molecule has 7 nitrogen and oxygen atoms in total. The molecule has 1 aromatic heterocycles. The Balaban J connectivity index is 2.13. The third-order valence-electron chi connectivity index (χ3n) is 4.46. The van der Waals surface area contributed by atoms with Crippen molar-refractivity contribution in [1.29, 1.82) is 0 Å². The van der Waals surface area contributed by atoms with Crippen LogP contribution in [0, 0.1) is 0 Å². The number of carbonyl (C=O) groups is 2. The molecule has 0 fully saturated rings. The van der Waals surface area contributed by atoms with Gasteiger partial charge in [-0.25, -0.2) is 9.59 Å². The topological polar surface area (TPSA) is 106 Å². The number of aryl methyl sites for hydroxylation is 1. The number of aliphatic carboxylic acids is 1. The molecule has 0 spiro atoms. The first kappa shape index (κ1) is 21.5. The summed E-state index contributed by atoms with van der Waals surface area (Å²) in [5.41, 5.74) is 0.873. The zero-order valence-corrected chi connectivity index (χ0v) is 16.5. The molecular formula is C21H27NO6. The van der Waals surface area contributed by atoms with Crippen LogP contribution in [0.5, 0.6) is 5.75 Å². The van der Waals surface area contributed by atoms with Gasteiger partial charge in [0, 0.05) is 17.5 Å². The minimum Gasteiger partial charge on any atom is -0.481 e. The summed E-state index contributed by atoms with van der Waals surface area (Å²) in [5.74, 6) is -1.21. The van der Waals surface area contributed by atoms with Crippen LogP contribution in [0.3, 0.4) is 0 Å². The first-order chi connectivity index (χ1) is 13.3. The van der Waals surface area contributed by atoms with E-state index in [4.69, 9.17) is 9.15 Å². The summed E-state index contributed by atoms with van der Waals surface area (Å²) in [6.45, 7) is 5.53. The SMILES string of the molecule is CCCCC(NC(=O)C(C)Oc1ccc2c(CCC)cc(=O)oc2c1)C(=O)O. The molecule has 0 aliphatic heterocycles. The van der Waals surface area contributed by atoms with E-state index in [0.717, 1.165) is 30.2 Å². The third-order valence-corrected chi connectivity index (χ3v) is 4.46. The van der Waals surface area contributed by atoms with Crippen molar-refractivity contribution in [1.82, 2.24) is 5.32 Å². The molecule has 0 saturated carbocycles. The molecule has 1 amide bonds. The molecule has 0 bridgehead atoms. The van der Waals surface area contributed by atoms with Crippen LogP contribution in [0.2, 0.25) is 0 Å². The molecule has 2 unspecified atom stereocenters. The van der Waals surface area contributed by atoms with Crippen molar-refractivity contribution in [3.63, 3.8) is 0 Å². The molecular weight excluding hydrogens is 362 g/mol. The van der Waals surface area contributed by atoms with E-state index in [1.807, 2.05) is 13.8 Å². The number of fused-ring (bicyclic) bond motifs is 1. The Morgan fingerprint density at radius 3 is 2.61 bits per heavy atom. The molecule has 0 aliphatic carbocycles. The largest absolute Gasteiger partial charge is 0.481 e. The van der Waals surface area contributed by atoms with E-state index in [0.29, 0.717) is 24.2 Å². The van der Waals surface area contributed by atoms with Gasteiger partial charge in [0.25, 0.3) is 5.91 Å². The van der Waals surface area contributed by atoms with Crippen LogP contribution in [0.1, 0.15) is 52.0 Å². The average Bonchev–Trinajstić information content (AvgIpc) is 2.64. The summed E-state index contributed by atoms with van der Waals surface area (Å²) in [6, 6.07) is 5.63. The van der Waals surface area contributed by atoms with E-state index in [1.54, 1.807) is 25.1 Å². The lowest BCUT2D eigenvalue weighted by molar-refractivity contribution is -0.143. The van der Waals surface area contributed by atoms with E-state index >= 15 is 0 Å². The minimum absolute atomic E-state index is 0.367. The standard InChI is InChI=1S/C21H27NO6/c1-4-6-8-17(21(25)26)22-20(24)13(3)27-15-9-10-16-14(7-5-2)11-19(23)28-18(16)12-15/h9-13,17H,4-8H2,1-3H3,(H,22,24)(H,25,26). The van der Waals surface area contributed by atoms with E-state index < -0.39 is 29.6 Å². The van der Waals surface area contributed by atoms with E-state index in [1.165, 1.54) is 6.07 Å². The number of carbonyl (C=O) groups excluding carboxylic acids is 1. The number of benzene rings is 1. The number of hydrogen-bond acceptors (Lipinski definition) is 5. The average molecular weight is 389 g/mol. The maximum Gasteiger partial charge on any atom is 0.336 e. The highest BCUT2D eigenvalue weighted by Crippen LogP contribution is 2.24. The molecule has 0 aliphatic rings. The molecule has 7 heteroatoms. The number of amides is 1. The quantitative estimate of drug-likeness (QED) is 0.604. The van der Waals surface area contributed by atoms with Gasteiger partial charge < -0.3 is 19.6 Å². The monoisotopic (exact) mass is 389 g/mol. The van der Waals surface area contributed by atoms with Gasteiger partial charge in [-0.3, -0.25) is 4.79 Å². The van der Waals surface area contributed by atoms with Crippen LogP contribution in [0.4, 0.5) is 0 Å². The van der Waals surface area contributed by atoms with Gasteiger partial charge in [-0.2, -0.15) is 0 Å². The third kappa shape index (κ3) is 5.58. The fraction of sp³-hybridized carbons (Fsp3) is 0.476. The molecule has 152 valence electrons. The van der Waals surface area contributed by atoms with Crippen molar-refractivity contribution < 1.29 is 23.8 Å². The molecule has 2 aromatic rings. The molecule has 0 radical (unpaired) electrons. The smallest absolute Gasteiger partial charge is 0.336 e. The van der Waals surface area contributed by atoms with Crippen LogP contribution in [0.25, 0.3) is 11.0 Å². The van der Waals surface area contributed by atoms with Crippen molar-refractivity contribution in [3.05, 3.63) is 40.2 Å². The van der Waals surface area contributed by atoms with Crippen molar-refractivity contribution in [2.45, 2.75) is 65.0 Å². The summed E-state index contributed by atoms with van der Waals surface area (Å²) >= 11 is 0. The van der Waals surface area contributed by atoms with Gasteiger partial charge in [0.1, 0.15) is 17.4 Å². The highest BCUT2D eigenvalue weighted by molar-refractivity contribution is 5.86. The Kier molecular flexibility index (Phi) is 7.61. The molecule has 28 heavy (non-hydrogen) atoms. The minimum atomic E-state index is -1.06. The zero-order chi connectivity index (χ0) is 20.7. The summed E-state index contributed by atoms with van der Waals surface area (Å²) in [7, 11) is 0. The fourth-order valence-corrected chi connectivity index (χ4v) is 2.97. The van der Waals surface area contributed by atoms with Gasteiger partial charge in [0.05, 0.1) is 0 Å². The van der Waals surface area contributed by atoms with E-state index in [9.17, 15) is 19.5 Å². The number of nitrogens with one attached hydrogen (secondary N) is 1. The molecule has 1 aromatic carbocycles. The predicted molar refractivity (Wildman–Crippen MR) is 106 cm³/mol. The maximum atomic E-state index is 12.3. The van der Waals surface area contributed by atoms with Crippen LogP contribution in [-0.4, -0.2) is 29.1 Å². The van der Waals surface area contributed by atoms with Gasteiger partial charge in [-0.15, -0.1) is 0 Å².